The molecule has 2 aromatic rings. The molecule has 2 atom stereocenters. The number of aliphatic hydroxyl groups is 1. The van der Waals surface area contributed by atoms with Crippen LogP contribution >= 0.6 is 0 Å². The minimum atomic E-state index is -0.882. The fourth-order valence-corrected chi connectivity index (χ4v) is 2.32. The third kappa shape index (κ3) is 2.98. The lowest BCUT2D eigenvalue weighted by molar-refractivity contribution is 0.145. The highest BCUT2D eigenvalue weighted by atomic mass is 19.1. The third-order valence-corrected chi connectivity index (χ3v) is 3.36. The van der Waals surface area contributed by atoms with Crippen LogP contribution in [0.5, 0.6) is 5.75 Å². The Morgan fingerprint density at radius 2 is 1.95 bits per heavy atom. The summed E-state index contributed by atoms with van der Waals surface area (Å²) in [6, 6.07) is 13.3. The lowest BCUT2D eigenvalue weighted by Gasteiger charge is -2.24. The van der Waals surface area contributed by atoms with Crippen molar-refractivity contribution in [3.63, 3.8) is 0 Å². The molecular weight excluding hydrogens is 257 g/mol. The molecule has 0 aromatic heterocycles. The number of hydrogen-bond donors (Lipinski definition) is 2. The molecule has 0 amide bonds. The van der Waals surface area contributed by atoms with Crippen LogP contribution in [0.15, 0.2) is 48.5 Å². The van der Waals surface area contributed by atoms with Crippen molar-refractivity contribution in [3.05, 3.63) is 65.5 Å². The minimum absolute atomic E-state index is 0.234. The molecule has 4 heteroatoms. The van der Waals surface area contributed by atoms with Crippen LogP contribution in [-0.4, -0.2) is 18.8 Å². The van der Waals surface area contributed by atoms with Crippen molar-refractivity contribution >= 4 is 0 Å². The molecule has 0 spiro atoms. The zero-order valence-corrected chi connectivity index (χ0v) is 11.3. The number of hydrogen-bond acceptors (Lipinski definition) is 3. The van der Waals surface area contributed by atoms with Crippen molar-refractivity contribution in [3.8, 4) is 5.75 Å². The zero-order chi connectivity index (χ0) is 14.5. The Morgan fingerprint density at radius 1 is 1.20 bits per heavy atom. The van der Waals surface area contributed by atoms with E-state index < -0.39 is 6.10 Å². The Hall–Kier alpha value is -1.91. The molecule has 0 aliphatic heterocycles. The highest BCUT2D eigenvalue weighted by Crippen LogP contribution is 2.35. The molecule has 2 rings (SSSR count). The molecule has 0 radical (unpaired) electrons. The maximum Gasteiger partial charge on any atom is 0.123 e. The molecule has 20 heavy (non-hydrogen) atoms. The van der Waals surface area contributed by atoms with Gasteiger partial charge in [-0.2, -0.15) is 0 Å². The summed E-state index contributed by atoms with van der Waals surface area (Å²) in [4.78, 5) is 0. The second-order valence-corrected chi connectivity index (χ2v) is 4.58. The third-order valence-electron chi connectivity index (χ3n) is 3.36. The number of aliphatic hydroxyl groups excluding tert-OH is 1. The van der Waals surface area contributed by atoms with E-state index in [2.05, 4.69) is 0 Å². The van der Waals surface area contributed by atoms with Gasteiger partial charge in [-0.15, -0.1) is 0 Å². The molecule has 3 nitrogen and oxygen atoms in total. The average molecular weight is 275 g/mol. The van der Waals surface area contributed by atoms with E-state index in [1.54, 1.807) is 19.2 Å². The van der Waals surface area contributed by atoms with Gasteiger partial charge in [0.05, 0.1) is 13.2 Å². The molecule has 0 fully saturated rings. The van der Waals surface area contributed by atoms with Gasteiger partial charge in [-0.3, -0.25) is 0 Å². The van der Waals surface area contributed by atoms with Crippen LogP contribution in [-0.2, 0) is 0 Å². The Morgan fingerprint density at radius 3 is 2.60 bits per heavy atom. The first-order valence-electron chi connectivity index (χ1n) is 6.44. The predicted molar refractivity (Wildman–Crippen MR) is 76.1 cm³/mol. The summed E-state index contributed by atoms with van der Waals surface area (Å²) in [5.74, 6) is -0.0660. The topological polar surface area (TPSA) is 55.5 Å². The summed E-state index contributed by atoms with van der Waals surface area (Å²) in [7, 11) is 1.57. The van der Waals surface area contributed by atoms with Crippen LogP contribution < -0.4 is 10.5 Å². The van der Waals surface area contributed by atoms with E-state index in [9.17, 15) is 9.50 Å². The largest absolute Gasteiger partial charge is 0.496 e. The van der Waals surface area contributed by atoms with Gasteiger partial charge in [-0.25, -0.2) is 4.39 Å². The maximum atomic E-state index is 13.3. The Bertz CT molecular complexity index is 574. The van der Waals surface area contributed by atoms with E-state index in [1.165, 1.54) is 12.1 Å². The van der Waals surface area contributed by atoms with Gasteiger partial charge in [-0.05, 0) is 23.8 Å². The van der Waals surface area contributed by atoms with Gasteiger partial charge in [0.2, 0.25) is 0 Å². The molecule has 0 bridgehead atoms. The average Bonchev–Trinajstić information content (AvgIpc) is 2.48. The van der Waals surface area contributed by atoms with E-state index in [-0.39, 0.29) is 18.3 Å². The van der Waals surface area contributed by atoms with Crippen LogP contribution in [0.2, 0.25) is 0 Å². The van der Waals surface area contributed by atoms with Crippen molar-refractivity contribution < 1.29 is 14.2 Å². The maximum absolute atomic E-state index is 13.3. The molecule has 0 heterocycles. The molecule has 2 aromatic carbocycles. The number of nitrogens with two attached hydrogens (primary N) is 1. The van der Waals surface area contributed by atoms with Crippen LogP contribution in [0, 0.1) is 5.82 Å². The Labute approximate surface area is 117 Å². The van der Waals surface area contributed by atoms with Gasteiger partial charge < -0.3 is 15.6 Å². The van der Waals surface area contributed by atoms with Crippen LogP contribution in [0.3, 0.4) is 0 Å². The summed E-state index contributed by atoms with van der Waals surface area (Å²) in [6.45, 7) is 0.234. The summed E-state index contributed by atoms with van der Waals surface area (Å²) < 4.78 is 18.6. The van der Waals surface area contributed by atoms with Gasteiger partial charge >= 0.3 is 0 Å². The number of para-hydroxylation sites is 1. The SMILES string of the molecule is COc1ccccc1C(CN)C(O)c1cccc(F)c1. The summed E-state index contributed by atoms with van der Waals surface area (Å²) in [5.41, 5.74) is 7.12. The van der Waals surface area contributed by atoms with Crippen LogP contribution in [0.4, 0.5) is 4.39 Å². The number of halogens is 1. The number of methoxy groups -OCH3 is 1. The van der Waals surface area contributed by atoms with E-state index in [0.29, 0.717) is 11.3 Å². The fourth-order valence-electron chi connectivity index (χ4n) is 2.32. The van der Waals surface area contributed by atoms with Gasteiger partial charge in [-0.1, -0.05) is 30.3 Å². The smallest absolute Gasteiger partial charge is 0.123 e. The quantitative estimate of drug-likeness (QED) is 0.882. The molecule has 0 aliphatic carbocycles. The van der Waals surface area contributed by atoms with Crippen molar-refractivity contribution in [2.24, 2.45) is 5.73 Å². The Kier molecular flexibility index (Phi) is 4.71. The zero-order valence-electron chi connectivity index (χ0n) is 11.3. The lowest BCUT2D eigenvalue weighted by Crippen LogP contribution is -2.21. The summed E-state index contributed by atoms with van der Waals surface area (Å²) >= 11 is 0. The van der Waals surface area contributed by atoms with Crippen molar-refractivity contribution in [1.29, 1.82) is 0 Å². The van der Waals surface area contributed by atoms with Crippen LogP contribution in [0.25, 0.3) is 0 Å². The standard InChI is InChI=1S/C16H18FNO2/c1-20-15-8-3-2-7-13(15)14(10-18)16(19)11-5-4-6-12(17)9-11/h2-9,14,16,19H,10,18H2,1H3. The molecular formula is C16H18FNO2. The Balaban J connectivity index is 2.36. The second kappa shape index (κ2) is 6.50. The molecule has 106 valence electrons. The van der Waals surface area contributed by atoms with Crippen molar-refractivity contribution in [2.75, 3.05) is 13.7 Å². The summed E-state index contributed by atoms with van der Waals surface area (Å²) in [5, 5.41) is 10.5. The first kappa shape index (κ1) is 14.5. The van der Waals surface area contributed by atoms with Gasteiger partial charge in [0, 0.05) is 18.0 Å². The molecule has 3 N–H and O–H groups in total. The number of benzene rings is 2. The van der Waals surface area contributed by atoms with Crippen LogP contribution in [0.1, 0.15) is 23.1 Å². The predicted octanol–water partition coefficient (Wildman–Crippen LogP) is 2.61. The normalized spacial score (nSPS) is 13.8. The van der Waals surface area contributed by atoms with Gasteiger partial charge in [0.25, 0.3) is 0 Å². The highest BCUT2D eigenvalue weighted by molar-refractivity contribution is 5.38. The van der Waals surface area contributed by atoms with E-state index in [0.717, 1.165) is 5.56 Å². The first-order chi connectivity index (χ1) is 9.67. The monoisotopic (exact) mass is 275 g/mol. The molecule has 0 saturated heterocycles. The van der Waals surface area contributed by atoms with E-state index >= 15 is 0 Å². The van der Waals surface area contributed by atoms with E-state index in [1.807, 2.05) is 24.3 Å². The van der Waals surface area contributed by atoms with E-state index in [4.69, 9.17) is 10.5 Å². The molecule has 2 unspecified atom stereocenters. The first-order valence-corrected chi connectivity index (χ1v) is 6.44. The van der Waals surface area contributed by atoms with Gasteiger partial charge in [0.1, 0.15) is 11.6 Å². The summed E-state index contributed by atoms with van der Waals surface area (Å²) in [6.07, 6.45) is -0.882. The second-order valence-electron chi connectivity index (χ2n) is 4.58. The fraction of sp³-hybridized carbons (Fsp3) is 0.250. The minimum Gasteiger partial charge on any atom is -0.496 e. The number of rotatable bonds is 5. The highest BCUT2D eigenvalue weighted by Gasteiger charge is 2.24. The van der Waals surface area contributed by atoms with Crippen molar-refractivity contribution in [2.45, 2.75) is 12.0 Å². The molecule has 0 aliphatic rings. The van der Waals surface area contributed by atoms with Gasteiger partial charge in [0.15, 0.2) is 0 Å². The lowest BCUT2D eigenvalue weighted by atomic mass is 9.88. The van der Waals surface area contributed by atoms with Crippen molar-refractivity contribution in [1.82, 2.24) is 0 Å². The number of ether oxygens (including phenoxy) is 1. The molecule has 0 saturated carbocycles.